The standard InChI is InChI=1S/C23H22FNO5/c1-13-11-15-12-14(7-8-18(15)30-13)21(26)19-20(16-5-3-4-6-17(16)24)25(9-10-29-2)23(28)22(19)27/h3-8,12-13,20,26H,9-11H2,1-2H3/b21-19-. The number of methoxy groups -OCH3 is 1. The minimum absolute atomic E-state index is 0.0236. The number of benzene rings is 2. The number of fused-ring (bicyclic) bond motifs is 1. The van der Waals surface area contributed by atoms with E-state index in [1.165, 1.54) is 30.2 Å². The summed E-state index contributed by atoms with van der Waals surface area (Å²) in [6.07, 6.45) is 0.700. The quantitative estimate of drug-likeness (QED) is 0.465. The normalized spacial score (nSPS) is 22.3. The van der Waals surface area contributed by atoms with Gasteiger partial charge in [0.25, 0.3) is 11.7 Å². The molecular formula is C23H22FNO5. The van der Waals surface area contributed by atoms with Crippen LogP contribution in [0.1, 0.15) is 29.7 Å². The van der Waals surface area contributed by atoms with Crippen LogP contribution in [0.2, 0.25) is 0 Å². The molecule has 0 aliphatic carbocycles. The lowest BCUT2D eigenvalue weighted by Crippen LogP contribution is -2.33. The highest BCUT2D eigenvalue weighted by Gasteiger charge is 2.46. The summed E-state index contributed by atoms with van der Waals surface area (Å²) in [4.78, 5) is 26.8. The van der Waals surface area contributed by atoms with Gasteiger partial charge in [-0.25, -0.2) is 4.39 Å². The topological polar surface area (TPSA) is 76.1 Å². The van der Waals surface area contributed by atoms with Gasteiger partial charge in [0.15, 0.2) is 0 Å². The fourth-order valence-electron chi connectivity index (χ4n) is 4.05. The number of aliphatic hydroxyl groups excluding tert-OH is 1. The largest absolute Gasteiger partial charge is 0.507 e. The second kappa shape index (κ2) is 7.91. The highest BCUT2D eigenvalue weighted by molar-refractivity contribution is 6.46. The van der Waals surface area contributed by atoms with Gasteiger partial charge in [-0.3, -0.25) is 9.59 Å². The van der Waals surface area contributed by atoms with Crippen molar-refractivity contribution in [2.24, 2.45) is 0 Å². The summed E-state index contributed by atoms with van der Waals surface area (Å²) in [5.41, 5.74) is 1.31. The first-order valence-corrected chi connectivity index (χ1v) is 9.74. The lowest BCUT2D eigenvalue weighted by Gasteiger charge is -2.25. The number of amides is 1. The fourth-order valence-corrected chi connectivity index (χ4v) is 4.05. The third-order valence-corrected chi connectivity index (χ3v) is 5.45. The maximum atomic E-state index is 14.7. The number of ketones is 1. The molecule has 1 amide bonds. The van der Waals surface area contributed by atoms with Crippen molar-refractivity contribution >= 4 is 17.4 Å². The molecule has 2 atom stereocenters. The number of rotatable bonds is 5. The maximum absolute atomic E-state index is 14.7. The molecule has 0 spiro atoms. The predicted molar refractivity (Wildman–Crippen MR) is 108 cm³/mol. The number of hydrogen-bond acceptors (Lipinski definition) is 5. The molecule has 2 aliphatic rings. The molecule has 1 saturated heterocycles. The van der Waals surface area contributed by atoms with Crippen molar-refractivity contribution in [2.75, 3.05) is 20.3 Å². The van der Waals surface area contributed by atoms with Gasteiger partial charge in [-0.1, -0.05) is 18.2 Å². The Morgan fingerprint density at radius 2 is 2.03 bits per heavy atom. The molecule has 0 radical (unpaired) electrons. The predicted octanol–water partition coefficient (Wildman–Crippen LogP) is 3.22. The van der Waals surface area contributed by atoms with Crippen LogP contribution in [0.25, 0.3) is 5.76 Å². The summed E-state index contributed by atoms with van der Waals surface area (Å²) in [5.74, 6) is -1.80. The minimum Gasteiger partial charge on any atom is -0.507 e. The van der Waals surface area contributed by atoms with Gasteiger partial charge in [-0.2, -0.15) is 0 Å². The van der Waals surface area contributed by atoms with Gasteiger partial charge in [0, 0.05) is 31.2 Å². The van der Waals surface area contributed by atoms with Gasteiger partial charge in [0.05, 0.1) is 18.2 Å². The highest BCUT2D eigenvalue weighted by atomic mass is 19.1. The van der Waals surface area contributed by atoms with E-state index in [1.54, 1.807) is 24.3 Å². The van der Waals surface area contributed by atoms with Gasteiger partial charge in [0.1, 0.15) is 23.4 Å². The Morgan fingerprint density at radius 3 is 2.77 bits per heavy atom. The van der Waals surface area contributed by atoms with E-state index in [4.69, 9.17) is 9.47 Å². The molecule has 7 heteroatoms. The number of aliphatic hydroxyl groups is 1. The van der Waals surface area contributed by atoms with E-state index in [9.17, 15) is 19.1 Å². The van der Waals surface area contributed by atoms with Crippen LogP contribution in [0.15, 0.2) is 48.0 Å². The molecule has 2 aromatic rings. The Kier molecular flexibility index (Phi) is 5.30. The number of nitrogens with zero attached hydrogens (tertiary/aromatic N) is 1. The summed E-state index contributed by atoms with van der Waals surface area (Å²) in [7, 11) is 1.47. The SMILES string of the molecule is COCCN1C(=O)C(=O)/C(=C(\O)c2ccc3c(c2)CC(C)O3)C1c1ccccc1F. The smallest absolute Gasteiger partial charge is 0.295 e. The van der Waals surface area contributed by atoms with Crippen LogP contribution < -0.4 is 4.74 Å². The second-order valence-corrected chi connectivity index (χ2v) is 7.46. The fraction of sp³-hybridized carbons (Fsp3) is 0.304. The first-order valence-electron chi connectivity index (χ1n) is 9.74. The van der Waals surface area contributed by atoms with E-state index >= 15 is 0 Å². The first-order chi connectivity index (χ1) is 14.4. The minimum atomic E-state index is -1.04. The van der Waals surface area contributed by atoms with Crippen molar-refractivity contribution in [3.63, 3.8) is 0 Å². The number of halogens is 1. The number of hydrogen-bond donors (Lipinski definition) is 1. The van der Waals surface area contributed by atoms with Gasteiger partial charge in [-0.15, -0.1) is 0 Å². The first kappa shape index (κ1) is 20.1. The number of carbonyl (C=O) groups excluding carboxylic acids is 2. The Morgan fingerprint density at radius 1 is 1.27 bits per heavy atom. The molecule has 2 heterocycles. The molecule has 0 saturated carbocycles. The average molecular weight is 411 g/mol. The Labute approximate surface area is 173 Å². The van der Waals surface area contributed by atoms with Crippen molar-refractivity contribution in [3.05, 3.63) is 70.5 Å². The van der Waals surface area contributed by atoms with Gasteiger partial charge >= 0.3 is 0 Å². The average Bonchev–Trinajstić information content (AvgIpc) is 3.22. The van der Waals surface area contributed by atoms with Crippen LogP contribution in [0.4, 0.5) is 4.39 Å². The van der Waals surface area contributed by atoms with Crippen molar-refractivity contribution in [2.45, 2.75) is 25.5 Å². The van der Waals surface area contributed by atoms with E-state index in [2.05, 4.69) is 0 Å². The summed E-state index contributed by atoms with van der Waals surface area (Å²) in [5, 5.41) is 11.1. The molecule has 2 aromatic carbocycles. The van der Waals surface area contributed by atoms with Crippen molar-refractivity contribution < 1.29 is 28.6 Å². The summed E-state index contributed by atoms with van der Waals surface area (Å²) in [6, 6.07) is 10.0. The van der Waals surface area contributed by atoms with Crippen molar-refractivity contribution in [1.29, 1.82) is 0 Å². The van der Waals surface area contributed by atoms with Crippen LogP contribution in [0, 0.1) is 5.82 Å². The van der Waals surface area contributed by atoms with Gasteiger partial charge < -0.3 is 19.5 Å². The zero-order valence-corrected chi connectivity index (χ0v) is 16.7. The molecule has 1 fully saturated rings. The van der Waals surface area contributed by atoms with E-state index in [1.807, 2.05) is 6.92 Å². The van der Waals surface area contributed by atoms with Crippen molar-refractivity contribution in [1.82, 2.24) is 4.90 Å². The molecule has 0 bridgehead atoms. The third kappa shape index (κ3) is 3.35. The summed E-state index contributed by atoms with van der Waals surface area (Å²) < 4.78 is 25.4. The summed E-state index contributed by atoms with van der Waals surface area (Å²) >= 11 is 0. The van der Waals surface area contributed by atoms with Crippen LogP contribution in [-0.2, 0) is 20.7 Å². The maximum Gasteiger partial charge on any atom is 0.295 e. The Hall–Kier alpha value is -3.19. The molecule has 30 heavy (non-hydrogen) atoms. The van der Waals surface area contributed by atoms with Gasteiger partial charge in [-0.05, 0) is 36.8 Å². The molecule has 6 nitrogen and oxygen atoms in total. The molecular weight excluding hydrogens is 389 g/mol. The highest BCUT2D eigenvalue weighted by Crippen LogP contribution is 2.41. The molecule has 2 aliphatic heterocycles. The monoisotopic (exact) mass is 411 g/mol. The van der Waals surface area contributed by atoms with Crippen molar-refractivity contribution in [3.8, 4) is 5.75 Å². The van der Waals surface area contributed by atoms with Crippen LogP contribution in [0.3, 0.4) is 0 Å². The lowest BCUT2D eigenvalue weighted by atomic mass is 9.94. The number of carbonyl (C=O) groups is 2. The zero-order valence-electron chi connectivity index (χ0n) is 16.7. The van der Waals surface area contributed by atoms with Gasteiger partial charge in [0.2, 0.25) is 0 Å². The zero-order chi connectivity index (χ0) is 21.4. The Balaban J connectivity index is 1.85. The molecule has 4 rings (SSSR count). The van der Waals surface area contributed by atoms with E-state index in [0.717, 1.165) is 11.3 Å². The van der Waals surface area contributed by atoms with E-state index < -0.39 is 23.5 Å². The third-order valence-electron chi connectivity index (χ3n) is 5.45. The molecule has 0 aromatic heterocycles. The Bertz CT molecular complexity index is 1050. The van der Waals surface area contributed by atoms with E-state index in [-0.39, 0.29) is 36.2 Å². The van der Waals surface area contributed by atoms with Crippen LogP contribution in [0.5, 0.6) is 5.75 Å². The molecule has 2 unspecified atom stereocenters. The lowest BCUT2D eigenvalue weighted by molar-refractivity contribution is -0.140. The van der Waals surface area contributed by atoms with E-state index in [0.29, 0.717) is 12.0 Å². The second-order valence-electron chi connectivity index (χ2n) is 7.46. The number of likely N-dealkylation sites (tertiary alicyclic amines) is 1. The molecule has 156 valence electrons. The van der Waals surface area contributed by atoms with Crippen LogP contribution in [-0.4, -0.2) is 48.1 Å². The molecule has 1 N–H and O–H groups in total. The number of Topliss-reactive ketones (excluding diaryl/α,β-unsaturated/α-hetero) is 1. The number of ether oxygens (including phenoxy) is 2. The van der Waals surface area contributed by atoms with Crippen LogP contribution >= 0.6 is 0 Å². The summed E-state index contributed by atoms with van der Waals surface area (Å²) in [6.45, 7) is 2.21.